The van der Waals surface area contributed by atoms with E-state index in [1.807, 2.05) is 17.9 Å². The first kappa shape index (κ1) is 12.5. The Hall–Kier alpha value is -0.910. The Balaban J connectivity index is 1.61. The fraction of sp³-hybridized carbons (Fsp3) is 0.750. The third kappa shape index (κ3) is 3.80. The molecule has 1 aromatic rings. The van der Waals surface area contributed by atoms with Crippen molar-refractivity contribution in [3.05, 3.63) is 18.0 Å². The lowest BCUT2D eigenvalue weighted by Gasteiger charge is -2.30. The molecule has 1 aliphatic heterocycles. The number of ether oxygens (including phenoxy) is 1. The van der Waals surface area contributed by atoms with Crippen molar-refractivity contribution in [1.82, 2.24) is 20.0 Å². The highest BCUT2D eigenvalue weighted by Crippen LogP contribution is 2.01. The fourth-order valence-corrected chi connectivity index (χ4v) is 2.12. The molecule has 1 aliphatic rings. The maximum atomic E-state index is 5.69. The highest BCUT2D eigenvalue weighted by molar-refractivity contribution is 5.00. The second-order valence-corrected chi connectivity index (χ2v) is 4.66. The highest BCUT2D eigenvalue weighted by atomic mass is 16.5. The zero-order valence-electron chi connectivity index (χ0n) is 10.7. The van der Waals surface area contributed by atoms with Crippen molar-refractivity contribution in [2.24, 2.45) is 7.05 Å². The smallest absolute Gasteiger partial charge is 0.0826 e. The van der Waals surface area contributed by atoms with Gasteiger partial charge in [0.1, 0.15) is 0 Å². The Morgan fingerprint density at radius 2 is 2.41 bits per heavy atom. The van der Waals surface area contributed by atoms with Gasteiger partial charge in [0.2, 0.25) is 0 Å². The van der Waals surface area contributed by atoms with E-state index in [1.54, 1.807) is 0 Å². The zero-order valence-corrected chi connectivity index (χ0v) is 10.7. The van der Waals surface area contributed by atoms with Crippen LogP contribution < -0.4 is 5.32 Å². The molecule has 1 N–H and O–H groups in total. The summed E-state index contributed by atoms with van der Waals surface area (Å²) < 4.78 is 7.61. The van der Waals surface area contributed by atoms with E-state index in [-0.39, 0.29) is 0 Å². The topological polar surface area (TPSA) is 42.3 Å². The second-order valence-electron chi connectivity index (χ2n) is 4.66. The average molecular weight is 238 g/mol. The minimum absolute atomic E-state index is 0.334. The first-order chi connectivity index (χ1) is 8.25. The maximum Gasteiger partial charge on any atom is 0.0826 e. The minimum atomic E-state index is 0.334. The lowest BCUT2D eigenvalue weighted by Crippen LogP contribution is -2.45. The van der Waals surface area contributed by atoms with Gasteiger partial charge in [0.25, 0.3) is 0 Å². The monoisotopic (exact) mass is 238 g/mol. The van der Waals surface area contributed by atoms with Crippen molar-refractivity contribution >= 4 is 0 Å². The van der Waals surface area contributed by atoms with Crippen LogP contribution in [0, 0.1) is 0 Å². The normalized spacial score (nSPS) is 21.9. The molecular weight excluding hydrogens is 216 g/mol. The predicted molar refractivity (Wildman–Crippen MR) is 67.0 cm³/mol. The number of likely N-dealkylation sites (N-methyl/N-ethyl adjacent to an activating group) is 1. The fourth-order valence-electron chi connectivity index (χ4n) is 2.12. The first-order valence-corrected chi connectivity index (χ1v) is 6.23. The lowest BCUT2D eigenvalue weighted by atomic mass is 10.2. The summed E-state index contributed by atoms with van der Waals surface area (Å²) in [6.45, 7) is 4.83. The van der Waals surface area contributed by atoms with E-state index in [1.165, 1.54) is 5.69 Å². The van der Waals surface area contributed by atoms with Crippen molar-refractivity contribution in [3.8, 4) is 0 Å². The molecule has 2 rings (SSSR count). The highest BCUT2D eigenvalue weighted by Gasteiger charge is 2.16. The number of morpholine rings is 1. The lowest BCUT2D eigenvalue weighted by molar-refractivity contribution is -0.0179. The molecule has 1 fully saturated rings. The summed E-state index contributed by atoms with van der Waals surface area (Å²) in [6.07, 6.45) is 3.19. The first-order valence-electron chi connectivity index (χ1n) is 6.23. The Morgan fingerprint density at radius 3 is 3.12 bits per heavy atom. The number of hydrogen-bond acceptors (Lipinski definition) is 4. The number of aromatic nitrogens is 2. The van der Waals surface area contributed by atoms with Crippen LogP contribution in [0.25, 0.3) is 0 Å². The molecule has 0 aliphatic carbocycles. The Labute approximate surface area is 103 Å². The van der Waals surface area contributed by atoms with Gasteiger partial charge in [0.15, 0.2) is 0 Å². The van der Waals surface area contributed by atoms with Crippen molar-refractivity contribution < 1.29 is 4.74 Å². The largest absolute Gasteiger partial charge is 0.374 e. The van der Waals surface area contributed by atoms with Crippen LogP contribution in [-0.4, -0.2) is 60.6 Å². The number of hydrogen-bond donors (Lipinski definition) is 1. The van der Waals surface area contributed by atoms with Crippen LogP contribution in [0.5, 0.6) is 0 Å². The summed E-state index contributed by atoms with van der Waals surface area (Å²) in [5.41, 5.74) is 1.26. The molecule has 5 heteroatoms. The van der Waals surface area contributed by atoms with Gasteiger partial charge in [0.05, 0.1) is 12.7 Å². The van der Waals surface area contributed by atoms with Gasteiger partial charge < -0.3 is 15.0 Å². The Kier molecular flexibility index (Phi) is 4.53. The van der Waals surface area contributed by atoms with Crippen LogP contribution in [0.15, 0.2) is 12.3 Å². The molecule has 1 atom stereocenters. The quantitative estimate of drug-likeness (QED) is 0.727. The van der Waals surface area contributed by atoms with E-state index in [9.17, 15) is 0 Å². The second kappa shape index (κ2) is 6.14. The summed E-state index contributed by atoms with van der Waals surface area (Å²) >= 11 is 0. The summed E-state index contributed by atoms with van der Waals surface area (Å²) in [4.78, 5) is 2.32. The number of rotatable bonds is 5. The van der Waals surface area contributed by atoms with E-state index in [0.717, 1.165) is 39.2 Å². The molecular formula is C12H22N4O. The van der Waals surface area contributed by atoms with Crippen LogP contribution in [0.2, 0.25) is 0 Å². The van der Waals surface area contributed by atoms with Crippen molar-refractivity contribution in [1.29, 1.82) is 0 Å². The van der Waals surface area contributed by atoms with Crippen molar-refractivity contribution in [2.45, 2.75) is 12.5 Å². The molecule has 0 bridgehead atoms. The van der Waals surface area contributed by atoms with E-state index in [4.69, 9.17) is 4.74 Å². The number of aryl methyl sites for hydroxylation is 1. The van der Waals surface area contributed by atoms with Crippen LogP contribution in [0.4, 0.5) is 0 Å². The van der Waals surface area contributed by atoms with E-state index in [0.29, 0.717) is 6.10 Å². The van der Waals surface area contributed by atoms with E-state index >= 15 is 0 Å². The summed E-state index contributed by atoms with van der Waals surface area (Å²) in [7, 11) is 4.12. The molecule has 5 nitrogen and oxygen atoms in total. The van der Waals surface area contributed by atoms with Gasteiger partial charge in [-0.05, 0) is 13.1 Å². The summed E-state index contributed by atoms with van der Waals surface area (Å²) in [5, 5.41) is 7.60. The SMILES string of the molecule is CN1CCOC(CNCCc2ccnn2C)C1. The van der Waals surface area contributed by atoms with Crippen LogP contribution >= 0.6 is 0 Å². The van der Waals surface area contributed by atoms with Crippen LogP contribution in [0.3, 0.4) is 0 Å². The van der Waals surface area contributed by atoms with E-state index < -0.39 is 0 Å². The predicted octanol–water partition coefficient (Wildman–Crippen LogP) is -0.117. The molecule has 1 unspecified atom stereocenters. The average Bonchev–Trinajstić information content (AvgIpc) is 2.71. The minimum Gasteiger partial charge on any atom is -0.374 e. The molecule has 0 spiro atoms. The number of nitrogens with one attached hydrogen (secondary N) is 1. The molecule has 0 radical (unpaired) electrons. The third-order valence-electron chi connectivity index (χ3n) is 3.19. The van der Waals surface area contributed by atoms with Crippen LogP contribution in [-0.2, 0) is 18.2 Å². The summed E-state index contributed by atoms with van der Waals surface area (Å²) in [5.74, 6) is 0. The molecule has 2 heterocycles. The van der Waals surface area contributed by atoms with Gasteiger partial charge in [-0.3, -0.25) is 4.68 Å². The molecule has 1 saturated heterocycles. The Bertz CT molecular complexity index is 339. The standard InChI is InChI=1S/C12H22N4O/c1-15-7-8-17-12(10-15)9-13-5-3-11-4-6-14-16(11)2/h4,6,12-13H,3,5,7-10H2,1-2H3. The number of nitrogens with zero attached hydrogens (tertiary/aromatic N) is 3. The zero-order chi connectivity index (χ0) is 12.1. The van der Waals surface area contributed by atoms with Gasteiger partial charge in [0, 0.05) is 51.5 Å². The molecule has 0 saturated carbocycles. The van der Waals surface area contributed by atoms with Crippen molar-refractivity contribution in [2.75, 3.05) is 39.8 Å². The van der Waals surface area contributed by atoms with Gasteiger partial charge in [-0.15, -0.1) is 0 Å². The molecule has 17 heavy (non-hydrogen) atoms. The molecule has 0 amide bonds. The van der Waals surface area contributed by atoms with Crippen molar-refractivity contribution in [3.63, 3.8) is 0 Å². The molecule has 96 valence electrons. The van der Waals surface area contributed by atoms with Gasteiger partial charge >= 0.3 is 0 Å². The summed E-state index contributed by atoms with van der Waals surface area (Å²) in [6, 6.07) is 2.06. The Morgan fingerprint density at radius 1 is 1.53 bits per heavy atom. The van der Waals surface area contributed by atoms with Gasteiger partial charge in [-0.1, -0.05) is 0 Å². The van der Waals surface area contributed by atoms with Gasteiger partial charge in [-0.25, -0.2) is 0 Å². The maximum absolute atomic E-state index is 5.69. The molecule has 1 aromatic heterocycles. The van der Waals surface area contributed by atoms with Gasteiger partial charge in [-0.2, -0.15) is 5.10 Å². The molecule has 0 aromatic carbocycles. The van der Waals surface area contributed by atoms with E-state index in [2.05, 4.69) is 28.4 Å². The van der Waals surface area contributed by atoms with Crippen LogP contribution in [0.1, 0.15) is 5.69 Å². The third-order valence-corrected chi connectivity index (χ3v) is 3.19.